The Labute approximate surface area is 101 Å². The molecule has 0 atom stereocenters. The Kier molecular flexibility index (Phi) is 4.15. The number of hydrogen-bond acceptors (Lipinski definition) is 2. The normalized spacial score (nSPS) is 10.6. The molecule has 0 saturated heterocycles. The van der Waals surface area contributed by atoms with E-state index in [9.17, 15) is 18.0 Å². The van der Waals surface area contributed by atoms with Crippen molar-refractivity contribution in [3.63, 3.8) is 0 Å². The lowest BCUT2D eigenvalue weighted by Gasteiger charge is -2.11. The molecule has 18 heavy (non-hydrogen) atoms. The van der Waals surface area contributed by atoms with Crippen LogP contribution in [0.5, 0.6) is 0 Å². The first-order valence-corrected chi connectivity index (χ1v) is 5.04. The van der Waals surface area contributed by atoms with Crippen molar-refractivity contribution in [1.29, 1.82) is 5.26 Å². The minimum absolute atomic E-state index is 0.0210. The quantitative estimate of drug-likeness (QED) is 0.855. The molecule has 1 rings (SSSR count). The Morgan fingerprint density at radius 3 is 2.61 bits per heavy atom. The molecule has 96 valence electrons. The average Bonchev–Trinajstić information content (AvgIpc) is 2.28. The molecule has 0 saturated carbocycles. The van der Waals surface area contributed by atoms with Crippen molar-refractivity contribution in [3.8, 4) is 6.07 Å². The Morgan fingerprint density at radius 2 is 2.11 bits per heavy atom. The molecular weight excluding hydrogens is 247 g/mol. The number of hydrogen-bond donors (Lipinski definition) is 2. The Hall–Kier alpha value is -2.23. The van der Waals surface area contributed by atoms with Crippen LogP contribution in [0.2, 0.25) is 0 Å². The number of alkyl halides is 3. The van der Waals surface area contributed by atoms with E-state index in [1.165, 1.54) is 12.1 Å². The number of carbonyl (C=O) groups is 1. The van der Waals surface area contributed by atoms with Gasteiger partial charge >= 0.3 is 12.2 Å². The molecule has 0 heterocycles. The highest BCUT2D eigenvalue weighted by Crippen LogP contribution is 2.33. The van der Waals surface area contributed by atoms with Gasteiger partial charge in [0, 0.05) is 12.2 Å². The van der Waals surface area contributed by atoms with Crippen LogP contribution in [0, 0.1) is 11.3 Å². The van der Waals surface area contributed by atoms with Crippen LogP contribution in [-0.4, -0.2) is 12.6 Å². The van der Waals surface area contributed by atoms with Gasteiger partial charge in [-0.3, -0.25) is 0 Å². The van der Waals surface area contributed by atoms with Crippen LogP contribution >= 0.6 is 0 Å². The van der Waals surface area contributed by atoms with Gasteiger partial charge in [0.1, 0.15) is 0 Å². The maximum Gasteiger partial charge on any atom is 0.417 e. The van der Waals surface area contributed by atoms with E-state index < -0.39 is 23.3 Å². The molecule has 0 fully saturated rings. The Morgan fingerprint density at radius 1 is 1.44 bits per heavy atom. The molecule has 1 aromatic rings. The van der Waals surface area contributed by atoms with Crippen molar-refractivity contribution < 1.29 is 18.0 Å². The SMILES string of the molecule is CCNC(=O)Nc1ccc(C#N)c(C(F)(F)F)c1. The van der Waals surface area contributed by atoms with Gasteiger partial charge in [0.25, 0.3) is 0 Å². The van der Waals surface area contributed by atoms with Gasteiger partial charge < -0.3 is 10.6 Å². The highest BCUT2D eigenvalue weighted by molar-refractivity contribution is 5.89. The summed E-state index contributed by atoms with van der Waals surface area (Å²) in [6.07, 6.45) is -4.63. The van der Waals surface area contributed by atoms with Gasteiger partial charge in [0.05, 0.1) is 17.2 Å². The van der Waals surface area contributed by atoms with E-state index in [0.717, 1.165) is 12.1 Å². The minimum Gasteiger partial charge on any atom is -0.338 e. The number of nitrogens with one attached hydrogen (secondary N) is 2. The largest absolute Gasteiger partial charge is 0.417 e. The fourth-order valence-corrected chi connectivity index (χ4v) is 1.29. The number of nitrogens with zero attached hydrogens (tertiary/aromatic N) is 1. The van der Waals surface area contributed by atoms with Gasteiger partial charge in [0.2, 0.25) is 0 Å². The highest BCUT2D eigenvalue weighted by atomic mass is 19.4. The smallest absolute Gasteiger partial charge is 0.338 e. The van der Waals surface area contributed by atoms with Gasteiger partial charge in [-0.2, -0.15) is 18.4 Å². The lowest BCUT2D eigenvalue weighted by Crippen LogP contribution is -2.28. The number of nitriles is 1. The summed E-state index contributed by atoms with van der Waals surface area (Å²) in [5, 5.41) is 13.2. The summed E-state index contributed by atoms with van der Waals surface area (Å²) in [4.78, 5) is 11.2. The predicted octanol–water partition coefficient (Wildman–Crippen LogP) is 2.72. The molecule has 0 aliphatic carbocycles. The lowest BCUT2D eigenvalue weighted by atomic mass is 10.1. The van der Waals surface area contributed by atoms with E-state index in [-0.39, 0.29) is 5.69 Å². The molecule has 0 unspecified atom stereocenters. The zero-order valence-electron chi connectivity index (χ0n) is 9.43. The standard InChI is InChI=1S/C11H10F3N3O/c1-2-16-10(18)17-8-4-3-7(6-15)9(5-8)11(12,13)14/h3-5H,2H2,1H3,(H2,16,17,18). The van der Waals surface area contributed by atoms with Crippen LogP contribution in [0.25, 0.3) is 0 Å². The molecule has 0 aromatic heterocycles. The van der Waals surface area contributed by atoms with Gasteiger partial charge in [-0.25, -0.2) is 4.79 Å². The van der Waals surface area contributed by atoms with E-state index in [4.69, 9.17) is 5.26 Å². The molecule has 2 amide bonds. The van der Waals surface area contributed by atoms with Crippen molar-refractivity contribution in [2.75, 3.05) is 11.9 Å². The second-order valence-electron chi connectivity index (χ2n) is 3.35. The first-order chi connectivity index (χ1) is 8.38. The number of halogens is 3. The fourth-order valence-electron chi connectivity index (χ4n) is 1.29. The van der Waals surface area contributed by atoms with Crippen molar-refractivity contribution in [2.45, 2.75) is 13.1 Å². The van der Waals surface area contributed by atoms with Gasteiger partial charge in [0.15, 0.2) is 0 Å². The topological polar surface area (TPSA) is 64.9 Å². The van der Waals surface area contributed by atoms with E-state index in [1.54, 1.807) is 6.92 Å². The second kappa shape index (κ2) is 5.40. The number of urea groups is 1. The summed E-state index contributed by atoms with van der Waals surface area (Å²) < 4.78 is 37.9. The summed E-state index contributed by atoms with van der Waals surface area (Å²) in [6.45, 7) is 2.04. The molecule has 0 aliphatic heterocycles. The summed E-state index contributed by atoms with van der Waals surface area (Å²) >= 11 is 0. The molecule has 1 aromatic carbocycles. The third-order valence-corrected chi connectivity index (χ3v) is 2.04. The minimum atomic E-state index is -4.63. The number of anilines is 1. The molecule has 7 heteroatoms. The molecule has 0 aliphatic rings. The molecule has 2 N–H and O–H groups in total. The third-order valence-electron chi connectivity index (χ3n) is 2.04. The molecule has 0 spiro atoms. The molecule has 4 nitrogen and oxygen atoms in total. The number of carbonyl (C=O) groups excluding carboxylic acids is 1. The number of amides is 2. The van der Waals surface area contributed by atoms with E-state index in [2.05, 4.69) is 10.6 Å². The average molecular weight is 257 g/mol. The maximum atomic E-state index is 12.6. The number of rotatable bonds is 2. The first-order valence-electron chi connectivity index (χ1n) is 5.04. The van der Waals surface area contributed by atoms with E-state index in [1.807, 2.05) is 0 Å². The summed E-state index contributed by atoms with van der Waals surface area (Å²) in [5.41, 5.74) is -1.57. The van der Waals surface area contributed by atoms with Crippen LogP contribution < -0.4 is 10.6 Å². The fraction of sp³-hybridized carbons (Fsp3) is 0.273. The lowest BCUT2D eigenvalue weighted by molar-refractivity contribution is -0.137. The summed E-state index contributed by atoms with van der Waals surface area (Å²) in [5.74, 6) is 0. The van der Waals surface area contributed by atoms with Crippen LogP contribution in [0.3, 0.4) is 0 Å². The summed E-state index contributed by atoms with van der Waals surface area (Å²) in [6, 6.07) is 3.85. The van der Waals surface area contributed by atoms with Crippen molar-refractivity contribution in [2.24, 2.45) is 0 Å². The monoisotopic (exact) mass is 257 g/mol. The predicted molar refractivity (Wildman–Crippen MR) is 58.9 cm³/mol. The van der Waals surface area contributed by atoms with Crippen LogP contribution in [0.4, 0.5) is 23.7 Å². The maximum absolute atomic E-state index is 12.6. The van der Waals surface area contributed by atoms with Crippen molar-refractivity contribution in [3.05, 3.63) is 29.3 Å². The Balaban J connectivity index is 3.05. The third kappa shape index (κ3) is 3.38. The van der Waals surface area contributed by atoms with E-state index in [0.29, 0.717) is 6.54 Å². The van der Waals surface area contributed by atoms with Crippen LogP contribution in [0.1, 0.15) is 18.1 Å². The zero-order valence-corrected chi connectivity index (χ0v) is 9.43. The molecular formula is C11H10F3N3O. The highest BCUT2D eigenvalue weighted by Gasteiger charge is 2.33. The zero-order chi connectivity index (χ0) is 13.8. The first kappa shape index (κ1) is 13.8. The van der Waals surface area contributed by atoms with E-state index >= 15 is 0 Å². The van der Waals surface area contributed by atoms with Crippen LogP contribution in [0.15, 0.2) is 18.2 Å². The van der Waals surface area contributed by atoms with Crippen LogP contribution in [-0.2, 0) is 6.18 Å². The second-order valence-corrected chi connectivity index (χ2v) is 3.35. The Bertz CT molecular complexity index is 491. The number of benzene rings is 1. The molecule has 0 bridgehead atoms. The van der Waals surface area contributed by atoms with Crippen molar-refractivity contribution >= 4 is 11.7 Å². The van der Waals surface area contributed by atoms with Gasteiger partial charge in [-0.1, -0.05) is 0 Å². The summed E-state index contributed by atoms with van der Waals surface area (Å²) in [7, 11) is 0. The molecule has 0 radical (unpaired) electrons. The van der Waals surface area contributed by atoms with Gasteiger partial charge in [-0.15, -0.1) is 0 Å². The van der Waals surface area contributed by atoms with Gasteiger partial charge in [-0.05, 0) is 25.1 Å². The van der Waals surface area contributed by atoms with Crippen molar-refractivity contribution in [1.82, 2.24) is 5.32 Å².